The van der Waals surface area contributed by atoms with Gasteiger partial charge in [0, 0.05) is 0 Å². The van der Waals surface area contributed by atoms with Crippen molar-refractivity contribution < 1.29 is 14.6 Å². The predicted molar refractivity (Wildman–Crippen MR) is 39.7 cm³/mol. The second-order valence-electron chi connectivity index (χ2n) is 1.98. The molecule has 1 aromatic heterocycles. The lowest BCUT2D eigenvalue weighted by atomic mass is 10.5. The van der Waals surface area contributed by atoms with Crippen LogP contribution in [0, 0.1) is 0 Å². The lowest BCUT2D eigenvalue weighted by Gasteiger charge is -2.05. The highest BCUT2D eigenvalue weighted by atomic mass is 35.5. The van der Waals surface area contributed by atoms with E-state index in [0.717, 1.165) is 0 Å². The van der Waals surface area contributed by atoms with Crippen molar-refractivity contribution in [2.75, 3.05) is 6.61 Å². The smallest absolute Gasteiger partial charge is 0.138 e. The molecule has 0 unspecified atom stereocenters. The number of ether oxygens (including phenoxy) is 1. The zero-order valence-electron chi connectivity index (χ0n) is 5.99. The zero-order chi connectivity index (χ0) is 8.97. The van der Waals surface area contributed by atoms with E-state index in [1.54, 1.807) is 0 Å². The van der Waals surface area contributed by atoms with Gasteiger partial charge in [0.25, 0.3) is 0 Å². The molecule has 0 atom stereocenters. The lowest BCUT2D eigenvalue weighted by molar-refractivity contribution is -0.307. The number of aromatic nitrogens is 1. The summed E-state index contributed by atoms with van der Waals surface area (Å²) in [5, 5.41) is 10.3. The molecule has 12 heavy (non-hydrogen) atoms. The summed E-state index contributed by atoms with van der Waals surface area (Å²) in [6, 6.07) is 3.03. The standard InChI is InChI=1S/C7H6ClNO3/c8-6-2-1-5(3-9-6)12-4-7(10)11/h1-3H,4H2,(H,10,11)/p-1. The molecule has 0 spiro atoms. The van der Waals surface area contributed by atoms with Crippen molar-refractivity contribution in [1.82, 2.24) is 4.98 Å². The Labute approximate surface area is 73.8 Å². The Balaban J connectivity index is 2.53. The molecule has 0 saturated carbocycles. The fourth-order valence-electron chi connectivity index (χ4n) is 0.590. The Morgan fingerprint density at radius 1 is 1.67 bits per heavy atom. The first-order valence-corrected chi connectivity index (χ1v) is 3.50. The highest BCUT2D eigenvalue weighted by Crippen LogP contribution is 2.11. The molecule has 0 saturated heterocycles. The number of halogens is 1. The number of hydrogen-bond acceptors (Lipinski definition) is 4. The molecule has 0 aliphatic carbocycles. The third-order valence-electron chi connectivity index (χ3n) is 1.06. The number of carboxylic acid groups (broad SMARTS) is 1. The van der Waals surface area contributed by atoms with E-state index in [9.17, 15) is 9.90 Å². The molecule has 0 amide bonds. The molecule has 0 N–H and O–H groups in total. The minimum atomic E-state index is -1.27. The SMILES string of the molecule is O=C([O-])COc1ccc(Cl)nc1. The average molecular weight is 187 g/mol. The van der Waals surface area contributed by atoms with Gasteiger partial charge in [-0.3, -0.25) is 0 Å². The summed E-state index contributed by atoms with van der Waals surface area (Å²) in [4.78, 5) is 13.6. The van der Waals surface area contributed by atoms with E-state index in [0.29, 0.717) is 10.9 Å². The Bertz CT molecular complexity index is 272. The Hall–Kier alpha value is -1.29. The van der Waals surface area contributed by atoms with Crippen molar-refractivity contribution in [3.63, 3.8) is 0 Å². The van der Waals surface area contributed by atoms with Gasteiger partial charge in [-0.15, -0.1) is 0 Å². The van der Waals surface area contributed by atoms with Gasteiger partial charge >= 0.3 is 0 Å². The molecule has 0 bridgehead atoms. The van der Waals surface area contributed by atoms with Gasteiger partial charge in [-0.25, -0.2) is 4.98 Å². The second kappa shape index (κ2) is 3.92. The molecule has 5 heteroatoms. The Morgan fingerprint density at radius 2 is 2.42 bits per heavy atom. The quantitative estimate of drug-likeness (QED) is 0.617. The summed E-state index contributed by atoms with van der Waals surface area (Å²) in [6.45, 7) is -0.483. The van der Waals surface area contributed by atoms with Gasteiger partial charge < -0.3 is 14.6 Å². The molecule has 0 aliphatic heterocycles. The van der Waals surface area contributed by atoms with Crippen LogP contribution in [0.25, 0.3) is 0 Å². The van der Waals surface area contributed by atoms with Gasteiger partial charge in [0.1, 0.15) is 17.5 Å². The molecular formula is C7H5ClNO3-. The van der Waals surface area contributed by atoms with Crippen LogP contribution >= 0.6 is 11.6 Å². The van der Waals surface area contributed by atoms with Gasteiger partial charge in [0.05, 0.1) is 12.2 Å². The number of aliphatic carboxylic acids is 1. The summed E-state index contributed by atoms with van der Waals surface area (Å²) in [5.41, 5.74) is 0. The highest BCUT2D eigenvalue weighted by molar-refractivity contribution is 6.29. The monoisotopic (exact) mass is 186 g/mol. The van der Waals surface area contributed by atoms with Crippen molar-refractivity contribution in [2.24, 2.45) is 0 Å². The fourth-order valence-corrected chi connectivity index (χ4v) is 0.702. The van der Waals surface area contributed by atoms with Crippen molar-refractivity contribution in [3.05, 3.63) is 23.5 Å². The van der Waals surface area contributed by atoms with E-state index >= 15 is 0 Å². The van der Waals surface area contributed by atoms with Crippen molar-refractivity contribution in [3.8, 4) is 5.75 Å². The van der Waals surface area contributed by atoms with Crippen LogP contribution in [0.5, 0.6) is 5.75 Å². The summed E-state index contributed by atoms with van der Waals surface area (Å²) < 4.78 is 4.74. The molecule has 0 aliphatic rings. The van der Waals surface area contributed by atoms with Crippen LogP contribution in [0.3, 0.4) is 0 Å². The predicted octanol–water partition coefficient (Wildman–Crippen LogP) is -0.136. The minimum Gasteiger partial charge on any atom is -0.546 e. The first kappa shape index (κ1) is 8.80. The molecule has 1 aromatic rings. The lowest BCUT2D eigenvalue weighted by Crippen LogP contribution is -2.28. The van der Waals surface area contributed by atoms with Gasteiger partial charge in [-0.05, 0) is 12.1 Å². The van der Waals surface area contributed by atoms with Crippen LogP contribution in [0.15, 0.2) is 18.3 Å². The van der Waals surface area contributed by atoms with E-state index in [1.807, 2.05) is 0 Å². The molecular weight excluding hydrogens is 182 g/mol. The fraction of sp³-hybridized carbons (Fsp3) is 0.143. The van der Waals surface area contributed by atoms with Crippen LogP contribution in [-0.2, 0) is 4.79 Å². The maximum absolute atomic E-state index is 9.96. The molecule has 64 valence electrons. The minimum absolute atomic E-state index is 0.329. The van der Waals surface area contributed by atoms with Gasteiger partial charge in [-0.1, -0.05) is 11.6 Å². The normalized spacial score (nSPS) is 9.42. The van der Waals surface area contributed by atoms with Crippen molar-refractivity contribution in [2.45, 2.75) is 0 Å². The summed E-state index contributed by atoms with van der Waals surface area (Å²) in [5.74, 6) is -0.923. The van der Waals surface area contributed by atoms with Crippen LogP contribution in [0.4, 0.5) is 0 Å². The number of pyridine rings is 1. The first-order valence-electron chi connectivity index (χ1n) is 3.12. The van der Waals surface area contributed by atoms with E-state index < -0.39 is 12.6 Å². The Morgan fingerprint density at radius 3 is 2.92 bits per heavy atom. The van der Waals surface area contributed by atoms with Gasteiger partial charge in [-0.2, -0.15) is 0 Å². The number of carboxylic acids is 1. The van der Waals surface area contributed by atoms with Crippen molar-refractivity contribution >= 4 is 17.6 Å². The van der Waals surface area contributed by atoms with Crippen molar-refractivity contribution in [1.29, 1.82) is 0 Å². The molecule has 1 rings (SSSR count). The van der Waals surface area contributed by atoms with Crippen LogP contribution in [0.1, 0.15) is 0 Å². The van der Waals surface area contributed by atoms with Gasteiger partial charge in [0.15, 0.2) is 0 Å². The van der Waals surface area contributed by atoms with Crippen LogP contribution < -0.4 is 9.84 Å². The van der Waals surface area contributed by atoms with E-state index in [1.165, 1.54) is 18.3 Å². The second-order valence-corrected chi connectivity index (χ2v) is 2.36. The van der Waals surface area contributed by atoms with Crippen LogP contribution in [0.2, 0.25) is 5.15 Å². The number of rotatable bonds is 3. The van der Waals surface area contributed by atoms with Crippen LogP contribution in [-0.4, -0.2) is 17.6 Å². The summed E-state index contributed by atoms with van der Waals surface area (Å²) >= 11 is 5.48. The van der Waals surface area contributed by atoms with E-state index in [4.69, 9.17) is 16.3 Å². The molecule has 0 radical (unpaired) electrons. The zero-order valence-corrected chi connectivity index (χ0v) is 6.75. The third-order valence-corrected chi connectivity index (χ3v) is 1.28. The molecule has 0 aromatic carbocycles. The van der Waals surface area contributed by atoms with Gasteiger partial charge in [0.2, 0.25) is 0 Å². The number of carbonyl (C=O) groups is 1. The molecule has 0 fully saturated rings. The maximum Gasteiger partial charge on any atom is 0.138 e. The number of carbonyl (C=O) groups excluding carboxylic acids is 1. The Kier molecular flexibility index (Phi) is 2.88. The average Bonchev–Trinajstić information content (AvgIpc) is 2.03. The number of nitrogens with zero attached hydrogens (tertiary/aromatic N) is 1. The largest absolute Gasteiger partial charge is 0.546 e. The third kappa shape index (κ3) is 2.75. The number of hydrogen-bond donors (Lipinski definition) is 0. The topological polar surface area (TPSA) is 62.2 Å². The first-order chi connectivity index (χ1) is 5.68. The summed E-state index contributed by atoms with van der Waals surface area (Å²) in [6.07, 6.45) is 1.34. The molecule has 1 heterocycles. The van der Waals surface area contributed by atoms with E-state index in [-0.39, 0.29) is 0 Å². The van der Waals surface area contributed by atoms with E-state index in [2.05, 4.69) is 4.98 Å². The summed E-state index contributed by atoms with van der Waals surface area (Å²) in [7, 11) is 0. The highest BCUT2D eigenvalue weighted by Gasteiger charge is 1.93. The molecule has 4 nitrogen and oxygen atoms in total. The maximum atomic E-state index is 9.96.